The van der Waals surface area contributed by atoms with Crippen molar-refractivity contribution in [1.82, 2.24) is 20.1 Å². The summed E-state index contributed by atoms with van der Waals surface area (Å²) in [5, 5.41) is 4.04. The van der Waals surface area contributed by atoms with E-state index in [-0.39, 0.29) is 5.91 Å². The number of amides is 1. The Labute approximate surface area is 177 Å². The number of guanidine groups is 1. The van der Waals surface area contributed by atoms with Gasteiger partial charge >= 0.3 is 0 Å². The van der Waals surface area contributed by atoms with Crippen molar-refractivity contribution in [2.75, 3.05) is 39.3 Å². The highest BCUT2D eigenvalue weighted by molar-refractivity contribution is 6.30. The number of aliphatic imine (C=N–C) groups is 1. The fourth-order valence-corrected chi connectivity index (χ4v) is 3.58. The van der Waals surface area contributed by atoms with Crippen LogP contribution in [0.25, 0.3) is 0 Å². The van der Waals surface area contributed by atoms with Crippen LogP contribution in [0.2, 0.25) is 5.02 Å². The molecule has 0 bridgehead atoms. The molecule has 1 saturated heterocycles. The summed E-state index contributed by atoms with van der Waals surface area (Å²) in [4.78, 5) is 25.7. The van der Waals surface area contributed by atoms with Crippen LogP contribution in [0.1, 0.15) is 18.1 Å². The predicted octanol–water partition coefficient (Wildman–Crippen LogP) is 2.63. The van der Waals surface area contributed by atoms with Crippen LogP contribution >= 0.6 is 11.6 Å². The third-order valence-electron chi connectivity index (χ3n) is 4.90. The average Bonchev–Trinajstić information content (AvgIpc) is 2.74. The Balaban J connectivity index is 1.51. The van der Waals surface area contributed by atoms with Crippen LogP contribution in [0.4, 0.5) is 0 Å². The second kappa shape index (κ2) is 10.8. The summed E-state index contributed by atoms with van der Waals surface area (Å²) < 4.78 is 0. The molecule has 1 aliphatic heterocycles. The maximum absolute atomic E-state index is 12.6. The Kier molecular flexibility index (Phi) is 7.87. The largest absolute Gasteiger partial charge is 0.357 e. The minimum atomic E-state index is 0.144. The number of halogens is 1. The molecule has 3 rings (SSSR count). The molecule has 0 radical (unpaired) electrons. The van der Waals surface area contributed by atoms with Gasteiger partial charge in [-0.3, -0.25) is 14.8 Å². The second-order valence-electron chi connectivity index (χ2n) is 7.02. The van der Waals surface area contributed by atoms with Crippen molar-refractivity contribution in [1.29, 1.82) is 0 Å². The molecule has 0 saturated carbocycles. The van der Waals surface area contributed by atoms with E-state index in [2.05, 4.69) is 28.2 Å². The fourth-order valence-electron chi connectivity index (χ4n) is 3.36. The van der Waals surface area contributed by atoms with Gasteiger partial charge in [-0.2, -0.15) is 0 Å². The molecule has 1 aliphatic rings. The number of benzene rings is 1. The van der Waals surface area contributed by atoms with E-state index in [1.54, 1.807) is 6.20 Å². The quantitative estimate of drug-likeness (QED) is 0.584. The van der Waals surface area contributed by atoms with E-state index in [4.69, 9.17) is 16.6 Å². The molecule has 0 aliphatic carbocycles. The summed E-state index contributed by atoms with van der Waals surface area (Å²) in [5.74, 6) is 1.06. The van der Waals surface area contributed by atoms with Gasteiger partial charge in [-0.1, -0.05) is 29.8 Å². The topological polar surface area (TPSA) is 60.8 Å². The lowest BCUT2D eigenvalue weighted by molar-refractivity contribution is -0.131. The average molecular weight is 414 g/mol. The van der Waals surface area contributed by atoms with E-state index >= 15 is 0 Å². The summed E-state index contributed by atoms with van der Waals surface area (Å²) in [6.45, 7) is 6.56. The summed E-state index contributed by atoms with van der Waals surface area (Å²) >= 11 is 6.02. The number of carbonyl (C=O) groups excluding carboxylic acids is 1. The minimum Gasteiger partial charge on any atom is -0.357 e. The first-order valence-corrected chi connectivity index (χ1v) is 10.5. The first-order chi connectivity index (χ1) is 14.2. The van der Waals surface area contributed by atoms with Gasteiger partial charge < -0.3 is 15.1 Å². The van der Waals surface area contributed by atoms with E-state index in [9.17, 15) is 4.79 Å². The molecule has 1 amide bonds. The number of aromatic nitrogens is 1. The lowest BCUT2D eigenvalue weighted by atomic mass is 10.1. The molecule has 2 aromatic rings. The highest BCUT2D eigenvalue weighted by Gasteiger charge is 2.23. The van der Waals surface area contributed by atoms with Crippen LogP contribution in [0, 0.1) is 0 Å². The van der Waals surface area contributed by atoms with Crippen LogP contribution in [0.15, 0.2) is 53.8 Å². The molecule has 6 nitrogen and oxygen atoms in total. The molecule has 0 unspecified atom stereocenters. The molecule has 0 atom stereocenters. The van der Waals surface area contributed by atoms with Crippen molar-refractivity contribution in [2.24, 2.45) is 4.99 Å². The van der Waals surface area contributed by atoms with E-state index in [1.807, 2.05) is 41.4 Å². The molecule has 29 heavy (non-hydrogen) atoms. The first-order valence-electron chi connectivity index (χ1n) is 10.1. The van der Waals surface area contributed by atoms with Gasteiger partial charge in [-0.15, -0.1) is 0 Å². The third-order valence-corrected chi connectivity index (χ3v) is 5.13. The number of nitrogens with one attached hydrogen (secondary N) is 1. The molecule has 1 fully saturated rings. The SMILES string of the molecule is CCNC(=NCCc1cccnc1)N1CCN(C(=O)Cc2cccc(Cl)c2)CC1. The van der Waals surface area contributed by atoms with Gasteiger partial charge in [0.05, 0.1) is 6.42 Å². The molecule has 7 heteroatoms. The smallest absolute Gasteiger partial charge is 0.227 e. The maximum atomic E-state index is 12.6. The number of hydrogen-bond acceptors (Lipinski definition) is 3. The van der Waals surface area contributed by atoms with Crippen LogP contribution in [0.3, 0.4) is 0 Å². The number of piperazine rings is 1. The van der Waals surface area contributed by atoms with E-state index in [0.29, 0.717) is 31.1 Å². The Hall–Kier alpha value is -2.60. The lowest BCUT2D eigenvalue weighted by Crippen LogP contribution is -2.54. The molecule has 1 aromatic carbocycles. The van der Waals surface area contributed by atoms with Crippen LogP contribution in [0.5, 0.6) is 0 Å². The normalized spacial score (nSPS) is 14.8. The molecular weight excluding hydrogens is 386 g/mol. The predicted molar refractivity (Wildman–Crippen MR) is 117 cm³/mol. The number of hydrogen-bond donors (Lipinski definition) is 1. The number of pyridine rings is 1. The van der Waals surface area contributed by atoms with E-state index in [0.717, 1.165) is 37.6 Å². The molecule has 1 aromatic heterocycles. The zero-order chi connectivity index (χ0) is 20.5. The summed E-state index contributed by atoms with van der Waals surface area (Å²) in [5.41, 5.74) is 2.14. The van der Waals surface area contributed by atoms with Crippen molar-refractivity contribution >= 4 is 23.5 Å². The Morgan fingerprint density at radius 1 is 1.14 bits per heavy atom. The maximum Gasteiger partial charge on any atom is 0.227 e. The highest BCUT2D eigenvalue weighted by Crippen LogP contribution is 2.13. The molecule has 1 N–H and O–H groups in total. The first kappa shape index (κ1) is 21.1. The van der Waals surface area contributed by atoms with Gasteiger partial charge in [-0.05, 0) is 42.7 Å². The van der Waals surface area contributed by atoms with Crippen LogP contribution in [-0.4, -0.2) is 65.9 Å². The van der Waals surface area contributed by atoms with Crippen LogP contribution in [-0.2, 0) is 17.6 Å². The fraction of sp³-hybridized carbons (Fsp3) is 0.409. The molecule has 154 valence electrons. The Morgan fingerprint density at radius 2 is 1.90 bits per heavy atom. The zero-order valence-corrected chi connectivity index (χ0v) is 17.6. The Bertz CT molecular complexity index is 819. The van der Waals surface area contributed by atoms with E-state index in [1.165, 1.54) is 5.56 Å². The zero-order valence-electron chi connectivity index (χ0n) is 16.9. The minimum absolute atomic E-state index is 0.144. The van der Waals surface area contributed by atoms with Crippen molar-refractivity contribution in [3.05, 3.63) is 64.9 Å². The summed E-state index contributed by atoms with van der Waals surface area (Å²) in [6, 6.07) is 11.5. The van der Waals surface area contributed by atoms with E-state index < -0.39 is 0 Å². The lowest BCUT2D eigenvalue weighted by Gasteiger charge is -2.36. The van der Waals surface area contributed by atoms with Crippen molar-refractivity contribution in [3.8, 4) is 0 Å². The van der Waals surface area contributed by atoms with Crippen molar-refractivity contribution in [2.45, 2.75) is 19.8 Å². The summed E-state index contributed by atoms with van der Waals surface area (Å²) in [6.07, 6.45) is 4.91. The van der Waals surface area contributed by atoms with Gasteiger partial charge in [0.25, 0.3) is 0 Å². The number of carbonyl (C=O) groups is 1. The van der Waals surface area contributed by atoms with Crippen LogP contribution < -0.4 is 5.32 Å². The number of nitrogens with zero attached hydrogens (tertiary/aromatic N) is 4. The standard InChI is InChI=1S/C22H28ClN5O/c1-2-25-22(26-10-8-18-6-4-9-24-17-18)28-13-11-27(12-14-28)21(29)16-19-5-3-7-20(23)15-19/h3-7,9,15,17H,2,8,10-14,16H2,1H3,(H,25,26). The van der Waals surface area contributed by atoms with Gasteiger partial charge in [0.1, 0.15) is 0 Å². The highest BCUT2D eigenvalue weighted by atomic mass is 35.5. The van der Waals surface area contributed by atoms with Gasteiger partial charge in [0.15, 0.2) is 5.96 Å². The monoisotopic (exact) mass is 413 g/mol. The summed E-state index contributed by atoms with van der Waals surface area (Å²) in [7, 11) is 0. The third kappa shape index (κ3) is 6.46. The van der Waals surface area contributed by atoms with Gasteiger partial charge in [0.2, 0.25) is 5.91 Å². The van der Waals surface area contributed by atoms with Crippen molar-refractivity contribution in [3.63, 3.8) is 0 Å². The second-order valence-corrected chi connectivity index (χ2v) is 7.46. The number of rotatable bonds is 6. The van der Waals surface area contributed by atoms with Gasteiger partial charge in [0, 0.05) is 56.7 Å². The van der Waals surface area contributed by atoms with Crippen molar-refractivity contribution < 1.29 is 4.79 Å². The molecule has 2 heterocycles. The molecular formula is C22H28ClN5O. The van der Waals surface area contributed by atoms with Gasteiger partial charge in [-0.25, -0.2) is 0 Å². The molecule has 0 spiro atoms. The Morgan fingerprint density at radius 3 is 2.59 bits per heavy atom.